The van der Waals surface area contributed by atoms with Crippen LogP contribution >= 0.6 is 47.3 Å². The minimum absolute atomic E-state index is 0.0438. The monoisotopic (exact) mass is 1690 g/mol. The highest BCUT2D eigenvalue weighted by Gasteiger charge is 2.22. The zero-order valence-corrected chi connectivity index (χ0v) is 68.2. The van der Waals surface area contributed by atoms with Crippen molar-refractivity contribution in [2.24, 2.45) is 20.5 Å². The Morgan fingerprint density at radius 2 is 0.606 bits per heavy atom. The summed E-state index contributed by atoms with van der Waals surface area (Å²) in [5.74, 6) is -7.57. The molecule has 109 heavy (non-hydrogen) atoms. The number of hydrogen-bond donors (Lipinski definition) is 3. The lowest BCUT2D eigenvalue weighted by Gasteiger charge is -2.08. The van der Waals surface area contributed by atoms with Crippen molar-refractivity contribution in [3.05, 3.63) is 217 Å². The Bertz CT molecular complexity index is 3810. The number of phenolic OH excluding ortho intramolecular Hbond substituents is 3. The predicted molar refractivity (Wildman–Crippen MR) is 443 cm³/mol. The number of methoxy groups -OCH3 is 1. The smallest absolute Gasteiger partial charge is 0.369 e. The molecule has 0 aliphatic rings. The summed E-state index contributed by atoms with van der Waals surface area (Å²) < 4.78 is 25.3. The fourth-order valence-corrected chi connectivity index (χ4v) is 9.45. The van der Waals surface area contributed by atoms with Crippen LogP contribution in [0.2, 0.25) is 0 Å². The highest BCUT2D eigenvalue weighted by Crippen LogP contribution is 2.32. The largest absolute Gasteiger partial charge is 0.507 e. The molecule has 4 aromatic carbocycles. The minimum atomic E-state index is -1.00. The number of halogens is 3. The average Bonchev–Trinajstić information content (AvgIpc) is 0.849. The molecule has 0 amide bonds. The molecular weight excluding hydrogens is 1580 g/mol. The number of nitrogens with zero attached hydrogens (tertiary/aromatic N) is 4. The Kier molecular flexibility index (Phi) is 55.0. The van der Waals surface area contributed by atoms with E-state index in [1.54, 1.807) is 0 Å². The number of esters is 8. The van der Waals surface area contributed by atoms with Crippen molar-refractivity contribution in [3.8, 4) is 23.0 Å². The van der Waals surface area contributed by atoms with Gasteiger partial charge in [-0.1, -0.05) is 201 Å². The van der Waals surface area contributed by atoms with E-state index in [2.05, 4.69) is 193 Å². The number of carbonyl (C=O) groups excluding carboxylic acids is 8. The molecule has 0 aromatic heterocycles. The van der Waals surface area contributed by atoms with Crippen molar-refractivity contribution in [1.82, 2.24) is 0 Å². The van der Waals surface area contributed by atoms with Crippen molar-refractivity contribution in [2.75, 3.05) is 7.11 Å². The molecule has 0 saturated carbocycles. The maximum Gasteiger partial charge on any atom is 0.369 e. The normalized spacial score (nSPS) is 11.7. The highest BCUT2D eigenvalue weighted by molar-refractivity contribution is 9.69. The van der Waals surface area contributed by atoms with Crippen LogP contribution in [0.1, 0.15) is 249 Å². The number of hydrogen-bond acceptors (Lipinski definition) is 20. The van der Waals surface area contributed by atoms with Gasteiger partial charge >= 0.3 is 50.9 Å². The van der Waals surface area contributed by atoms with Crippen LogP contribution < -0.4 is 4.74 Å². The van der Waals surface area contributed by atoms with Crippen LogP contribution in [0.15, 0.2) is 215 Å². The molecule has 0 bridgehead atoms. The van der Waals surface area contributed by atoms with Gasteiger partial charge in [-0.3, -0.25) is 19.2 Å². The number of phenols is 3. The minimum Gasteiger partial charge on any atom is -0.507 e. The van der Waals surface area contributed by atoms with E-state index < -0.39 is 53.5 Å². The van der Waals surface area contributed by atoms with E-state index in [9.17, 15) is 53.7 Å². The lowest BCUT2D eigenvalue weighted by atomic mass is 10.1. The average molecular weight is 1690 g/mol. The molecule has 0 unspecified atom stereocenters. The Balaban J connectivity index is 0.000000705. The van der Waals surface area contributed by atoms with Gasteiger partial charge in [0.1, 0.15) is 45.3 Å². The summed E-state index contributed by atoms with van der Waals surface area (Å²) in [6.45, 7) is 8.44. The van der Waals surface area contributed by atoms with Crippen molar-refractivity contribution >= 4 is 121 Å². The van der Waals surface area contributed by atoms with E-state index in [1.165, 1.54) is 79.9 Å². The van der Waals surface area contributed by atoms with Crippen molar-refractivity contribution in [2.45, 2.75) is 207 Å². The lowest BCUT2D eigenvalue weighted by Crippen LogP contribution is -2.13. The first-order chi connectivity index (χ1) is 52.8. The van der Waals surface area contributed by atoms with Crippen LogP contribution in [0.5, 0.6) is 23.0 Å². The predicted octanol–water partition coefficient (Wildman–Crippen LogP) is 24.8. The molecule has 0 radical (unpaired) electrons. The SMILES string of the molecule is BrB(Br)Br.CC/C=C\C/C=C\C/C=C\C/C=C\C/C=C\CCCC(=O)OC(=O)c1ccc(N=Nc2ccc(O)c(C(=O)OC(=O)CCCCCCC)c2)cc1O.CC/C=C\C/C=C\C/C=C\C/C=C\C/C=C\CCCC(=O)OC(=O)c1ccc(N=Nc2ccc(O)c(C(=O)OC(=O)CCCCCCC)c2)cc1OC. The second kappa shape index (κ2) is 62.6. The van der Waals surface area contributed by atoms with E-state index >= 15 is 0 Å². The third-order valence-corrected chi connectivity index (χ3v) is 15.2. The van der Waals surface area contributed by atoms with Crippen molar-refractivity contribution < 1.29 is 77.4 Å². The summed E-state index contributed by atoms with van der Waals surface area (Å²) in [5.41, 5.74) is 0.190. The number of benzene rings is 4. The third kappa shape index (κ3) is 48.0. The Labute approximate surface area is 668 Å². The summed E-state index contributed by atoms with van der Waals surface area (Å²) in [6.07, 6.45) is 63.8. The van der Waals surface area contributed by atoms with Gasteiger partial charge in [0.25, 0.3) is 0 Å². The van der Waals surface area contributed by atoms with E-state index in [-0.39, 0.29) is 85.4 Å². The van der Waals surface area contributed by atoms with Crippen LogP contribution in [-0.4, -0.2) is 73.4 Å². The number of rotatable bonds is 47. The van der Waals surface area contributed by atoms with Gasteiger partial charge < -0.3 is 39.0 Å². The first-order valence-electron chi connectivity index (χ1n) is 37.2. The molecule has 0 spiro atoms. The van der Waals surface area contributed by atoms with Gasteiger partial charge in [-0.15, -0.1) is 47.3 Å². The summed E-state index contributed by atoms with van der Waals surface area (Å²) >= 11 is 9.31. The molecular formula is C85H106BBr3N4O16. The fraction of sp³-hybridized carbons (Fsp3) is 0.388. The molecule has 0 saturated heterocycles. The van der Waals surface area contributed by atoms with Crippen molar-refractivity contribution in [1.29, 1.82) is 0 Å². The van der Waals surface area contributed by atoms with Gasteiger partial charge in [-0.2, -0.15) is 20.5 Å². The zero-order chi connectivity index (χ0) is 79.9. The number of allylic oxidation sites excluding steroid dienone is 20. The maximum absolute atomic E-state index is 12.7. The Morgan fingerprint density at radius 1 is 0.330 bits per heavy atom. The van der Waals surface area contributed by atoms with E-state index in [1.807, 2.05) is 24.3 Å². The van der Waals surface area contributed by atoms with Gasteiger partial charge in [0.2, 0.25) is 0 Å². The number of ether oxygens (including phenoxy) is 5. The molecule has 586 valence electrons. The third-order valence-electron chi connectivity index (χ3n) is 15.2. The molecule has 0 aliphatic carbocycles. The molecule has 4 rings (SSSR count). The summed E-state index contributed by atoms with van der Waals surface area (Å²) in [7, 11) is 1.37. The van der Waals surface area contributed by atoms with Crippen LogP contribution in [-0.2, 0) is 38.1 Å². The van der Waals surface area contributed by atoms with Gasteiger partial charge in [-0.25, -0.2) is 19.2 Å². The molecule has 0 aliphatic heterocycles. The second-order valence-corrected chi connectivity index (χ2v) is 30.6. The molecule has 0 heterocycles. The number of aromatic hydroxyl groups is 3. The number of azo groups is 2. The molecule has 24 heteroatoms. The zero-order valence-electron chi connectivity index (χ0n) is 63.4. The first kappa shape index (κ1) is 95.8. The van der Waals surface area contributed by atoms with E-state index in [0.29, 0.717) is 44.2 Å². The molecule has 0 fully saturated rings. The topological polar surface area (TPSA) is 293 Å². The van der Waals surface area contributed by atoms with Crippen LogP contribution in [0.25, 0.3) is 0 Å². The summed E-state index contributed by atoms with van der Waals surface area (Å²) in [6, 6.07) is 15.9. The van der Waals surface area contributed by atoms with Crippen molar-refractivity contribution in [3.63, 3.8) is 0 Å². The first-order valence-corrected chi connectivity index (χ1v) is 39.9. The van der Waals surface area contributed by atoms with Gasteiger partial charge in [0, 0.05) is 37.8 Å². The van der Waals surface area contributed by atoms with Gasteiger partial charge in [0.05, 0.1) is 29.9 Å². The summed E-state index contributed by atoms with van der Waals surface area (Å²) in [4.78, 5) is 98.8. The quantitative estimate of drug-likeness (QED) is 0.00704. The fourth-order valence-electron chi connectivity index (χ4n) is 9.45. The van der Waals surface area contributed by atoms with Gasteiger partial charge in [-0.05, 0) is 163 Å². The van der Waals surface area contributed by atoms with Crippen LogP contribution in [0.4, 0.5) is 22.7 Å². The lowest BCUT2D eigenvalue weighted by molar-refractivity contribution is -0.139. The highest BCUT2D eigenvalue weighted by atomic mass is 79.9. The Hall–Kier alpha value is -9.26. The van der Waals surface area contributed by atoms with Crippen LogP contribution in [0, 0.1) is 0 Å². The molecule has 0 atom stereocenters. The molecule has 3 N–H and O–H groups in total. The van der Waals surface area contributed by atoms with Crippen LogP contribution in [0.3, 0.4) is 0 Å². The van der Waals surface area contributed by atoms with E-state index in [0.717, 1.165) is 116 Å². The maximum atomic E-state index is 12.7. The molecule has 4 aromatic rings. The molecule has 20 nitrogen and oxygen atoms in total. The van der Waals surface area contributed by atoms with E-state index in [4.69, 9.17) is 23.7 Å². The standard InChI is InChI=1S/C43H54N2O8.C42H52N2O8.BBr3/c1-4-6-8-10-11-12-13-14-15-16-17-18-19-20-21-23-25-27-40(47)52-42(49)36-30-28-35(33-39(36)51-3)45-44-34-29-31-38(46)37(32-34)43(50)53-41(48)26-24-22-9-7-5-2;1-3-5-7-9-10-11-12-13-14-15-16-17-18-19-20-22-24-26-39(47)51-41(49)35-29-27-34(32-38(35)46)44-43-33-28-30-37(45)36(31-33)42(50)52-40(48)25-23-21-8-6-4-2;2-1(3)4/h6,8,11-12,14-15,17-18,20-21,28-33,46H,4-5,7,9-10,13,16,19,22-27H2,1-3H3;5,7,10-11,13-14,16-17,19-20,27-32,45-46H,3-4,6,8-9,12,15,18,21-26H2,1-2H3;/b8-6-,12-11-,15-14-,18-17-,21-20-,45-44?;7-5-,11-10-,14-13-,17-16-,20-19-,44-43?;. The van der Waals surface area contributed by atoms with Gasteiger partial charge in [0.15, 0.2) is 0 Å². The second-order valence-electron chi connectivity index (χ2n) is 24.2. The number of unbranched alkanes of at least 4 members (excludes halogenated alkanes) is 10. The Morgan fingerprint density at radius 3 is 0.936 bits per heavy atom. The summed E-state index contributed by atoms with van der Waals surface area (Å²) in [5, 5.41) is 46.9. The number of carbonyl (C=O) groups is 8.